The second-order valence-corrected chi connectivity index (χ2v) is 8.91. The van der Waals surface area contributed by atoms with Gasteiger partial charge in [-0.3, -0.25) is 0 Å². The topological polar surface area (TPSA) is 27.7 Å². The SMILES string of the molecule is CCCOCC1=CCC(C#CC2CCC(C(F)(F)Oc3ccc(OC(F)(F)F)cc3)CC2)CC1. The first-order valence-corrected chi connectivity index (χ1v) is 11.8. The molecule has 0 aliphatic heterocycles. The largest absolute Gasteiger partial charge is 0.573 e. The zero-order valence-electron chi connectivity index (χ0n) is 19.3. The van der Waals surface area contributed by atoms with Crippen molar-refractivity contribution >= 4 is 0 Å². The summed E-state index contributed by atoms with van der Waals surface area (Å²) in [5, 5.41) is 0. The van der Waals surface area contributed by atoms with Crippen molar-refractivity contribution in [1.82, 2.24) is 0 Å². The van der Waals surface area contributed by atoms with E-state index in [9.17, 15) is 22.0 Å². The third-order valence-corrected chi connectivity index (χ3v) is 6.15. The highest BCUT2D eigenvalue weighted by molar-refractivity contribution is 5.31. The summed E-state index contributed by atoms with van der Waals surface area (Å²) in [7, 11) is 0. The molecular formula is C26H31F5O3. The van der Waals surface area contributed by atoms with Gasteiger partial charge in [0.25, 0.3) is 0 Å². The van der Waals surface area contributed by atoms with E-state index < -0.39 is 24.1 Å². The van der Waals surface area contributed by atoms with Gasteiger partial charge in [-0.05, 0) is 81.2 Å². The van der Waals surface area contributed by atoms with Crippen LogP contribution in [0.25, 0.3) is 0 Å². The maximum Gasteiger partial charge on any atom is 0.573 e. The summed E-state index contributed by atoms with van der Waals surface area (Å²) in [5.41, 5.74) is 1.33. The number of alkyl halides is 5. The number of allylic oxidation sites excluding steroid dienone is 1. The first-order valence-electron chi connectivity index (χ1n) is 11.8. The number of hydrogen-bond donors (Lipinski definition) is 0. The van der Waals surface area contributed by atoms with Gasteiger partial charge < -0.3 is 14.2 Å². The van der Waals surface area contributed by atoms with Crippen LogP contribution < -0.4 is 9.47 Å². The van der Waals surface area contributed by atoms with E-state index in [1.807, 2.05) is 0 Å². The molecule has 0 saturated heterocycles. The Bertz CT molecular complexity index is 859. The Balaban J connectivity index is 1.44. The first-order chi connectivity index (χ1) is 16.1. The molecule has 1 unspecified atom stereocenters. The summed E-state index contributed by atoms with van der Waals surface area (Å²) >= 11 is 0. The molecule has 0 bridgehead atoms. The van der Waals surface area contributed by atoms with E-state index >= 15 is 0 Å². The molecule has 1 atom stereocenters. The van der Waals surface area contributed by atoms with Gasteiger partial charge in [-0.2, -0.15) is 8.78 Å². The summed E-state index contributed by atoms with van der Waals surface area (Å²) in [6.45, 7) is 3.55. The first kappa shape index (κ1) is 26.3. The number of hydrogen-bond acceptors (Lipinski definition) is 3. The van der Waals surface area contributed by atoms with Crippen LogP contribution >= 0.6 is 0 Å². The summed E-state index contributed by atoms with van der Waals surface area (Å²) in [6.07, 6.45) is -0.401. The highest BCUT2D eigenvalue weighted by Crippen LogP contribution is 2.40. The van der Waals surface area contributed by atoms with E-state index in [4.69, 9.17) is 9.47 Å². The van der Waals surface area contributed by atoms with Gasteiger partial charge in [0, 0.05) is 18.4 Å². The summed E-state index contributed by atoms with van der Waals surface area (Å²) in [6, 6.07) is 4.00. The fraction of sp³-hybridized carbons (Fsp3) is 0.615. The zero-order valence-corrected chi connectivity index (χ0v) is 19.3. The smallest absolute Gasteiger partial charge is 0.432 e. The Morgan fingerprint density at radius 1 is 0.853 bits per heavy atom. The van der Waals surface area contributed by atoms with Gasteiger partial charge in [-0.1, -0.05) is 24.8 Å². The summed E-state index contributed by atoms with van der Waals surface area (Å²) in [4.78, 5) is 0. The Morgan fingerprint density at radius 2 is 1.47 bits per heavy atom. The average molecular weight is 487 g/mol. The lowest BCUT2D eigenvalue weighted by atomic mass is 9.81. The monoisotopic (exact) mass is 486 g/mol. The molecule has 34 heavy (non-hydrogen) atoms. The maximum absolute atomic E-state index is 14.6. The molecule has 2 aliphatic rings. The van der Waals surface area contributed by atoms with Crippen molar-refractivity contribution in [2.24, 2.45) is 17.8 Å². The number of halogens is 5. The number of ether oxygens (including phenoxy) is 3. The van der Waals surface area contributed by atoms with E-state index in [1.165, 1.54) is 5.57 Å². The fourth-order valence-corrected chi connectivity index (χ4v) is 4.26. The Hall–Kier alpha value is -2.27. The highest BCUT2D eigenvalue weighted by Gasteiger charge is 2.44. The molecule has 1 fully saturated rings. The van der Waals surface area contributed by atoms with Crippen molar-refractivity contribution in [2.45, 2.75) is 70.8 Å². The second-order valence-electron chi connectivity index (χ2n) is 8.91. The predicted molar refractivity (Wildman–Crippen MR) is 118 cm³/mol. The minimum absolute atomic E-state index is 0.101. The van der Waals surface area contributed by atoms with Crippen molar-refractivity contribution in [3.05, 3.63) is 35.9 Å². The molecule has 1 saturated carbocycles. The van der Waals surface area contributed by atoms with Gasteiger partial charge in [0.05, 0.1) is 12.5 Å². The van der Waals surface area contributed by atoms with Crippen molar-refractivity contribution < 1.29 is 36.2 Å². The van der Waals surface area contributed by atoms with Crippen LogP contribution in [0.1, 0.15) is 58.3 Å². The Kier molecular flexibility index (Phi) is 9.24. The van der Waals surface area contributed by atoms with Crippen molar-refractivity contribution in [2.75, 3.05) is 13.2 Å². The normalized spacial score (nSPS) is 23.5. The highest BCUT2D eigenvalue weighted by atomic mass is 19.4. The quantitative estimate of drug-likeness (QED) is 0.165. The molecule has 0 radical (unpaired) electrons. The molecule has 188 valence electrons. The molecule has 8 heteroatoms. The van der Waals surface area contributed by atoms with Crippen LogP contribution in [-0.2, 0) is 4.74 Å². The molecule has 0 heterocycles. The molecule has 1 aromatic rings. The molecule has 1 aromatic carbocycles. The van der Waals surface area contributed by atoms with Crippen LogP contribution in [0.15, 0.2) is 35.9 Å². The van der Waals surface area contributed by atoms with Crippen LogP contribution in [0.4, 0.5) is 22.0 Å². The molecule has 2 aliphatic carbocycles. The van der Waals surface area contributed by atoms with E-state index in [0.29, 0.717) is 25.4 Å². The van der Waals surface area contributed by atoms with Crippen LogP contribution in [0, 0.1) is 29.6 Å². The molecular weight excluding hydrogens is 455 g/mol. The lowest BCUT2D eigenvalue weighted by molar-refractivity contribution is -0.274. The van der Waals surface area contributed by atoms with Gasteiger partial charge in [0.1, 0.15) is 11.5 Å². The lowest BCUT2D eigenvalue weighted by Crippen LogP contribution is -2.37. The van der Waals surface area contributed by atoms with Gasteiger partial charge >= 0.3 is 12.5 Å². The van der Waals surface area contributed by atoms with Crippen molar-refractivity contribution in [3.63, 3.8) is 0 Å². The standard InChI is InChI=1S/C26H31F5O3/c1-2-17-32-18-21-7-5-19(6-8-21)3-4-20-9-11-22(12-10-20)25(27,28)33-23-13-15-24(16-14-23)34-26(29,30)31/h7,13-16,19-20,22H,2,5-6,8-12,17-18H2,1H3. The molecule has 0 spiro atoms. The third kappa shape index (κ3) is 8.50. The van der Waals surface area contributed by atoms with Crippen LogP contribution in [0.3, 0.4) is 0 Å². The van der Waals surface area contributed by atoms with Crippen LogP contribution in [0.5, 0.6) is 11.5 Å². The third-order valence-electron chi connectivity index (χ3n) is 6.15. The van der Waals surface area contributed by atoms with E-state index in [-0.39, 0.29) is 24.5 Å². The second kappa shape index (κ2) is 11.9. The Morgan fingerprint density at radius 3 is 2.03 bits per heavy atom. The Labute approximate surface area is 197 Å². The number of benzene rings is 1. The van der Waals surface area contributed by atoms with E-state index in [1.54, 1.807) is 0 Å². The average Bonchev–Trinajstić information content (AvgIpc) is 2.79. The van der Waals surface area contributed by atoms with Crippen LogP contribution in [-0.4, -0.2) is 25.7 Å². The predicted octanol–water partition coefficient (Wildman–Crippen LogP) is 7.52. The van der Waals surface area contributed by atoms with Gasteiger partial charge in [0.2, 0.25) is 0 Å². The van der Waals surface area contributed by atoms with Crippen LogP contribution in [0.2, 0.25) is 0 Å². The van der Waals surface area contributed by atoms with Crippen molar-refractivity contribution in [1.29, 1.82) is 0 Å². The summed E-state index contributed by atoms with van der Waals surface area (Å²) < 4.78 is 80.1. The lowest BCUT2D eigenvalue weighted by Gasteiger charge is -2.31. The minimum Gasteiger partial charge on any atom is -0.432 e. The molecule has 0 aromatic heterocycles. The maximum atomic E-state index is 14.6. The van der Waals surface area contributed by atoms with Gasteiger partial charge in [0.15, 0.2) is 0 Å². The molecule has 3 nitrogen and oxygen atoms in total. The zero-order chi connectivity index (χ0) is 24.6. The molecule has 0 N–H and O–H groups in total. The fourth-order valence-electron chi connectivity index (χ4n) is 4.26. The van der Waals surface area contributed by atoms with E-state index in [0.717, 1.165) is 56.6 Å². The minimum atomic E-state index is -4.84. The summed E-state index contributed by atoms with van der Waals surface area (Å²) in [5.74, 6) is 5.41. The number of rotatable bonds is 8. The van der Waals surface area contributed by atoms with Crippen molar-refractivity contribution in [3.8, 4) is 23.3 Å². The van der Waals surface area contributed by atoms with Gasteiger partial charge in [-0.15, -0.1) is 13.2 Å². The molecule has 0 amide bonds. The molecule has 3 rings (SSSR count). The van der Waals surface area contributed by atoms with E-state index in [2.05, 4.69) is 29.6 Å². The van der Waals surface area contributed by atoms with Gasteiger partial charge in [-0.25, -0.2) is 0 Å².